The molecule has 0 aliphatic rings. The Morgan fingerprint density at radius 2 is 2.00 bits per heavy atom. The molecule has 0 fully saturated rings. The predicted octanol–water partition coefficient (Wildman–Crippen LogP) is 3.80. The number of primary amides is 1. The fourth-order valence-corrected chi connectivity index (χ4v) is 3.46. The van der Waals surface area contributed by atoms with Crippen LogP contribution in [0.25, 0.3) is 0 Å². The van der Waals surface area contributed by atoms with Gasteiger partial charge in [0.25, 0.3) is 0 Å². The van der Waals surface area contributed by atoms with Gasteiger partial charge in [-0.15, -0.1) is 0 Å². The largest absolute Gasteiger partial charge is 0.366 e. The van der Waals surface area contributed by atoms with E-state index >= 15 is 0 Å². The number of nitrogens with two attached hydrogens (primary N) is 1. The summed E-state index contributed by atoms with van der Waals surface area (Å²) in [5.41, 5.74) is 6.75. The van der Waals surface area contributed by atoms with Gasteiger partial charge < -0.3 is 5.73 Å². The topological polar surface area (TPSA) is 59.2 Å². The summed E-state index contributed by atoms with van der Waals surface area (Å²) >= 11 is 1.52. The van der Waals surface area contributed by atoms with Crippen LogP contribution in [0.3, 0.4) is 0 Å². The first kappa shape index (κ1) is 17.4. The summed E-state index contributed by atoms with van der Waals surface area (Å²) in [6.45, 7) is 4.95. The summed E-state index contributed by atoms with van der Waals surface area (Å²) in [5, 5.41) is 0. The molecule has 0 aliphatic heterocycles. The highest BCUT2D eigenvalue weighted by Gasteiger charge is 2.19. The van der Waals surface area contributed by atoms with Crippen molar-refractivity contribution in [2.45, 2.75) is 31.2 Å². The molecule has 2 aromatic rings. The van der Waals surface area contributed by atoms with E-state index in [1.807, 2.05) is 12.1 Å². The molecule has 1 aromatic heterocycles. The van der Waals surface area contributed by atoms with Crippen LogP contribution in [0.15, 0.2) is 47.6 Å². The monoisotopic (exact) mass is 333 g/mol. The van der Waals surface area contributed by atoms with E-state index in [0.29, 0.717) is 5.56 Å². The van der Waals surface area contributed by atoms with Crippen LogP contribution in [-0.2, 0) is 0 Å². The van der Waals surface area contributed by atoms with Crippen LogP contribution in [0.4, 0.5) is 4.39 Å². The Kier molecular flexibility index (Phi) is 6.12. The van der Waals surface area contributed by atoms with Gasteiger partial charge in [0, 0.05) is 29.9 Å². The Morgan fingerprint density at radius 3 is 2.57 bits per heavy atom. The molecule has 0 aliphatic carbocycles. The van der Waals surface area contributed by atoms with Gasteiger partial charge in [-0.25, -0.2) is 8.70 Å². The second kappa shape index (κ2) is 8.08. The van der Waals surface area contributed by atoms with Gasteiger partial charge in [0.1, 0.15) is 5.82 Å². The first-order valence-corrected chi connectivity index (χ1v) is 8.27. The second-order valence-corrected chi connectivity index (χ2v) is 6.20. The van der Waals surface area contributed by atoms with Crippen molar-refractivity contribution in [1.82, 2.24) is 9.29 Å². The molecule has 0 saturated heterocycles. The van der Waals surface area contributed by atoms with Crippen LogP contribution in [0.1, 0.15) is 42.2 Å². The Bertz CT molecular complexity index is 663. The highest BCUT2D eigenvalue weighted by molar-refractivity contribution is 7.97. The Hall–Kier alpha value is -1.92. The highest BCUT2D eigenvalue weighted by Crippen LogP contribution is 2.34. The number of carbonyl (C=O) groups excluding carboxylic acids is 1. The fraction of sp³-hybridized carbons (Fsp3) is 0.294. The van der Waals surface area contributed by atoms with Gasteiger partial charge in [-0.1, -0.05) is 26.0 Å². The van der Waals surface area contributed by atoms with Gasteiger partial charge in [-0.3, -0.25) is 9.78 Å². The van der Waals surface area contributed by atoms with Crippen molar-refractivity contribution >= 4 is 17.9 Å². The zero-order valence-corrected chi connectivity index (χ0v) is 14.0. The van der Waals surface area contributed by atoms with Crippen LogP contribution in [0.5, 0.6) is 0 Å². The molecule has 0 spiro atoms. The lowest BCUT2D eigenvalue weighted by atomic mass is 10.0. The van der Waals surface area contributed by atoms with Crippen molar-refractivity contribution < 1.29 is 9.18 Å². The van der Waals surface area contributed by atoms with E-state index in [1.54, 1.807) is 12.3 Å². The van der Waals surface area contributed by atoms with Gasteiger partial charge in [0.2, 0.25) is 5.91 Å². The third-order valence-corrected chi connectivity index (χ3v) is 4.70. The Balaban J connectivity index is 2.22. The van der Waals surface area contributed by atoms with E-state index in [-0.39, 0.29) is 11.9 Å². The maximum absolute atomic E-state index is 13.1. The van der Waals surface area contributed by atoms with Crippen LogP contribution in [-0.4, -0.2) is 21.7 Å². The summed E-state index contributed by atoms with van der Waals surface area (Å²) in [6, 6.07) is 8.45. The number of nitrogens with zero attached hydrogens (tertiary/aromatic N) is 2. The number of halogens is 1. The van der Waals surface area contributed by atoms with Crippen molar-refractivity contribution in [3.63, 3.8) is 0 Å². The number of pyridine rings is 1. The zero-order chi connectivity index (χ0) is 16.8. The van der Waals surface area contributed by atoms with E-state index in [2.05, 4.69) is 23.1 Å². The van der Waals surface area contributed by atoms with Crippen LogP contribution >= 0.6 is 11.9 Å². The number of rotatable bonds is 7. The molecule has 0 saturated carbocycles. The lowest BCUT2D eigenvalue weighted by Gasteiger charge is -2.29. The molecule has 1 heterocycles. The molecule has 122 valence electrons. The van der Waals surface area contributed by atoms with Gasteiger partial charge in [0.15, 0.2) is 0 Å². The number of amides is 1. The van der Waals surface area contributed by atoms with Crippen molar-refractivity contribution in [2.75, 3.05) is 6.54 Å². The molecular weight excluding hydrogens is 313 g/mol. The summed E-state index contributed by atoms with van der Waals surface area (Å²) < 4.78 is 15.3. The standard InChI is InChI=1S/C17H20FN3OS/c1-3-16(12-5-7-14(18)8-6-12)21(4-2)23-15-9-13(17(19)22)10-20-11-15/h5-11,16H,3-4H2,1-2H3,(H2,19,22)/t16-/m0/s1. The molecule has 1 atom stereocenters. The first-order chi connectivity index (χ1) is 11.0. The van der Waals surface area contributed by atoms with E-state index in [1.165, 1.54) is 30.3 Å². The minimum absolute atomic E-state index is 0.142. The van der Waals surface area contributed by atoms with E-state index < -0.39 is 5.91 Å². The number of benzene rings is 1. The summed E-state index contributed by atoms with van der Waals surface area (Å²) in [6.07, 6.45) is 4.05. The van der Waals surface area contributed by atoms with Crippen molar-refractivity contribution in [1.29, 1.82) is 0 Å². The van der Waals surface area contributed by atoms with Gasteiger partial charge in [-0.05, 0) is 42.1 Å². The predicted molar refractivity (Wildman–Crippen MR) is 90.4 cm³/mol. The van der Waals surface area contributed by atoms with Crippen molar-refractivity contribution in [2.24, 2.45) is 5.73 Å². The lowest BCUT2D eigenvalue weighted by molar-refractivity contribution is 0.0999. The molecule has 1 aromatic carbocycles. The molecule has 4 nitrogen and oxygen atoms in total. The highest BCUT2D eigenvalue weighted by atomic mass is 32.2. The SMILES string of the molecule is CC[C@@H](c1ccc(F)cc1)N(CC)Sc1cncc(C(N)=O)c1. The third-order valence-electron chi connectivity index (χ3n) is 3.52. The molecule has 0 unspecified atom stereocenters. The molecule has 2 N–H and O–H groups in total. The molecule has 2 rings (SSSR count). The van der Waals surface area contributed by atoms with Gasteiger partial charge >= 0.3 is 0 Å². The number of hydrogen-bond donors (Lipinski definition) is 1. The molecule has 1 amide bonds. The van der Waals surface area contributed by atoms with Crippen LogP contribution in [0, 0.1) is 5.82 Å². The fourth-order valence-electron chi connectivity index (χ4n) is 2.38. The average molecular weight is 333 g/mol. The van der Waals surface area contributed by atoms with Crippen LogP contribution < -0.4 is 5.73 Å². The minimum atomic E-state index is -0.492. The second-order valence-electron chi connectivity index (χ2n) is 5.07. The Morgan fingerprint density at radius 1 is 1.30 bits per heavy atom. The molecule has 23 heavy (non-hydrogen) atoms. The maximum Gasteiger partial charge on any atom is 0.250 e. The van der Waals surface area contributed by atoms with E-state index in [0.717, 1.165) is 23.4 Å². The van der Waals surface area contributed by atoms with Crippen LogP contribution in [0.2, 0.25) is 0 Å². The summed E-state index contributed by atoms with van der Waals surface area (Å²) in [5.74, 6) is -0.730. The number of carbonyl (C=O) groups is 1. The summed E-state index contributed by atoms with van der Waals surface area (Å²) in [7, 11) is 0. The number of aromatic nitrogens is 1. The first-order valence-electron chi connectivity index (χ1n) is 7.50. The number of hydrogen-bond acceptors (Lipinski definition) is 4. The van der Waals surface area contributed by atoms with Crippen molar-refractivity contribution in [3.05, 3.63) is 59.7 Å². The average Bonchev–Trinajstić information content (AvgIpc) is 2.56. The van der Waals surface area contributed by atoms with Crippen molar-refractivity contribution in [3.8, 4) is 0 Å². The quantitative estimate of drug-likeness (QED) is 0.783. The molecule has 0 radical (unpaired) electrons. The molecule has 6 heteroatoms. The Labute approximate surface area is 140 Å². The molecule has 0 bridgehead atoms. The van der Waals surface area contributed by atoms with E-state index in [9.17, 15) is 9.18 Å². The lowest BCUT2D eigenvalue weighted by Crippen LogP contribution is -2.21. The van der Waals surface area contributed by atoms with Gasteiger partial charge in [-0.2, -0.15) is 0 Å². The maximum atomic E-state index is 13.1. The third kappa shape index (κ3) is 4.53. The van der Waals surface area contributed by atoms with Gasteiger partial charge in [0.05, 0.1) is 5.56 Å². The zero-order valence-electron chi connectivity index (χ0n) is 13.2. The smallest absolute Gasteiger partial charge is 0.250 e. The normalized spacial score (nSPS) is 12.3. The van der Waals surface area contributed by atoms with E-state index in [4.69, 9.17) is 5.73 Å². The minimum Gasteiger partial charge on any atom is -0.366 e. The summed E-state index contributed by atoms with van der Waals surface area (Å²) in [4.78, 5) is 16.2. The molecular formula is C17H20FN3OS.